The quantitative estimate of drug-likeness (QED) is 0.747. The highest BCUT2D eigenvalue weighted by molar-refractivity contribution is 5.73. The fourth-order valence-electron chi connectivity index (χ4n) is 2.04. The first-order chi connectivity index (χ1) is 8.54. The molecule has 0 aliphatic carbocycles. The van der Waals surface area contributed by atoms with E-state index in [0.717, 1.165) is 18.7 Å². The molecule has 0 radical (unpaired) electrons. The highest BCUT2D eigenvalue weighted by atomic mass is 16.4. The summed E-state index contributed by atoms with van der Waals surface area (Å²) < 4.78 is 2.17. The number of hydrogen-bond acceptors (Lipinski definition) is 2. The van der Waals surface area contributed by atoms with E-state index in [9.17, 15) is 4.79 Å². The van der Waals surface area contributed by atoms with Gasteiger partial charge in [-0.3, -0.25) is 10.1 Å². The van der Waals surface area contributed by atoms with Gasteiger partial charge in [0, 0.05) is 25.0 Å². The van der Waals surface area contributed by atoms with E-state index in [1.165, 1.54) is 0 Å². The molecule has 0 saturated carbocycles. The molecule has 4 nitrogen and oxygen atoms in total. The molecule has 0 aliphatic rings. The van der Waals surface area contributed by atoms with Gasteiger partial charge in [0.2, 0.25) is 0 Å². The van der Waals surface area contributed by atoms with E-state index in [4.69, 9.17) is 5.11 Å². The Balaban J connectivity index is 2.55. The summed E-state index contributed by atoms with van der Waals surface area (Å²) in [7, 11) is 0. The Morgan fingerprint density at radius 1 is 1.50 bits per heavy atom. The van der Waals surface area contributed by atoms with Crippen molar-refractivity contribution in [2.45, 2.75) is 52.7 Å². The molecule has 0 spiro atoms. The standard InChI is InChI=1S/C14H24N2O2/c1-4-7-16-8-5-6-12(16)10-15-13(14(17)18)9-11(2)3/h5-6,8,11,13,15H,4,7,9-10H2,1-3H3,(H,17,18). The first-order valence-corrected chi connectivity index (χ1v) is 6.64. The topological polar surface area (TPSA) is 54.3 Å². The van der Waals surface area contributed by atoms with Crippen LogP contribution >= 0.6 is 0 Å². The van der Waals surface area contributed by atoms with E-state index < -0.39 is 12.0 Å². The fourth-order valence-corrected chi connectivity index (χ4v) is 2.04. The molecule has 0 bridgehead atoms. The highest BCUT2D eigenvalue weighted by Gasteiger charge is 2.18. The lowest BCUT2D eigenvalue weighted by Gasteiger charge is -2.17. The summed E-state index contributed by atoms with van der Waals surface area (Å²) in [6.45, 7) is 7.80. The molecule has 18 heavy (non-hydrogen) atoms. The van der Waals surface area contributed by atoms with Gasteiger partial charge in [0.25, 0.3) is 0 Å². The van der Waals surface area contributed by atoms with Crippen LogP contribution in [0, 0.1) is 5.92 Å². The van der Waals surface area contributed by atoms with Gasteiger partial charge in [-0.15, -0.1) is 0 Å². The van der Waals surface area contributed by atoms with E-state index in [1.54, 1.807) is 0 Å². The zero-order valence-corrected chi connectivity index (χ0v) is 11.5. The van der Waals surface area contributed by atoms with Crippen molar-refractivity contribution in [3.05, 3.63) is 24.0 Å². The summed E-state index contributed by atoms with van der Waals surface area (Å²) in [6, 6.07) is 3.58. The minimum Gasteiger partial charge on any atom is -0.480 e. The number of carboxylic acids is 1. The first kappa shape index (κ1) is 14.8. The van der Waals surface area contributed by atoms with Crippen molar-refractivity contribution in [1.29, 1.82) is 0 Å². The number of carboxylic acid groups (broad SMARTS) is 1. The number of aryl methyl sites for hydroxylation is 1. The molecule has 1 unspecified atom stereocenters. The van der Waals surface area contributed by atoms with Crippen molar-refractivity contribution in [2.75, 3.05) is 0 Å². The summed E-state index contributed by atoms with van der Waals surface area (Å²) >= 11 is 0. The van der Waals surface area contributed by atoms with Gasteiger partial charge in [-0.25, -0.2) is 0 Å². The summed E-state index contributed by atoms with van der Waals surface area (Å²) in [5, 5.41) is 12.3. The smallest absolute Gasteiger partial charge is 0.320 e. The second kappa shape index (κ2) is 7.21. The Morgan fingerprint density at radius 2 is 2.22 bits per heavy atom. The summed E-state index contributed by atoms with van der Waals surface area (Å²) in [5.41, 5.74) is 1.15. The molecule has 1 atom stereocenters. The number of aliphatic carboxylic acids is 1. The van der Waals surface area contributed by atoms with E-state index in [2.05, 4.69) is 16.8 Å². The summed E-state index contributed by atoms with van der Waals surface area (Å²) in [5.74, 6) is -0.390. The van der Waals surface area contributed by atoms with Gasteiger partial charge in [-0.1, -0.05) is 20.8 Å². The maximum absolute atomic E-state index is 11.1. The Hall–Kier alpha value is -1.29. The minimum absolute atomic E-state index is 0.376. The third-order valence-electron chi connectivity index (χ3n) is 2.92. The van der Waals surface area contributed by atoms with E-state index in [1.807, 2.05) is 32.2 Å². The van der Waals surface area contributed by atoms with Gasteiger partial charge in [-0.05, 0) is 30.9 Å². The normalized spacial score (nSPS) is 12.9. The molecule has 1 rings (SSSR count). The molecular weight excluding hydrogens is 228 g/mol. The van der Waals surface area contributed by atoms with Crippen LogP contribution in [-0.4, -0.2) is 21.7 Å². The maximum Gasteiger partial charge on any atom is 0.320 e. The SMILES string of the molecule is CCCn1cccc1CNC(CC(C)C)C(=O)O. The van der Waals surface area contributed by atoms with Crippen LogP contribution in [-0.2, 0) is 17.9 Å². The number of carbonyl (C=O) groups is 1. The largest absolute Gasteiger partial charge is 0.480 e. The molecule has 2 N–H and O–H groups in total. The van der Waals surface area contributed by atoms with Crippen LogP contribution in [0.2, 0.25) is 0 Å². The lowest BCUT2D eigenvalue weighted by atomic mass is 10.0. The molecule has 0 aromatic carbocycles. The Labute approximate surface area is 109 Å². The van der Waals surface area contributed by atoms with Crippen LogP contribution in [0.3, 0.4) is 0 Å². The van der Waals surface area contributed by atoms with Crippen molar-refractivity contribution in [3.63, 3.8) is 0 Å². The van der Waals surface area contributed by atoms with Crippen LogP contribution in [0.25, 0.3) is 0 Å². The second-order valence-corrected chi connectivity index (χ2v) is 5.09. The first-order valence-electron chi connectivity index (χ1n) is 6.64. The predicted octanol–water partition coefficient (Wildman–Crippen LogP) is 2.49. The molecule has 0 fully saturated rings. The number of nitrogens with zero attached hydrogens (tertiary/aromatic N) is 1. The molecule has 0 saturated heterocycles. The second-order valence-electron chi connectivity index (χ2n) is 5.09. The summed E-state index contributed by atoms with van der Waals surface area (Å²) in [4.78, 5) is 11.1. The van der Waals surface area contributed by atoms with Crippen LogP contribution in [0.15, 0.2) is 18.3 Å². The van der Waals surface area contributed by atoms with Crippen molar-refractivity contribution < 1.29 is 9.90 Å². The number of nitrogens with one attached hydrogen (secondary N) is 1. The van der Waals surface area contributed by atoms with Crippen LogP contribution in [0.1, 0.15) is 39.3 Å². The van der Waals surface area contributed by atoms with E-state index in [0.29, 0.717) is 18.9 Å². The molecule has 1 aromatic heterocycles. The fraction of sp³-hybridized carbons (Fsp3) is 0.643. The Morgan fingerprint density at radius 3 is 2.78 bits per heavy atom. The van der Waals surface area contributed by atoms with Gasteiger partial charge < -0.3 is 9.67 Å². The number of hydrogen-bond donors (Lipinski definition) is 2. The molecule has 0 amide bonds. The Bertz CT molecular complexity index is 372. The van der Waals surface area contributed by atoms with Crippen molar-refractivity contribution in [3.8, 4) is 0 Å². The molecular formula is C14H24N2O2. The monoisotopic (exact) mass is 252 g/mol. The molecule has 1 heterocycles. The lowest BCUT2D eigenvalue weighted by molar-refractivity contribution is -0.140. The van der Waals surface area contributed by atoms with Crippen molar-refractivity contribution in [1.82, 2.24) is 9.88 Å². The zero-order chi connectivity index (χ0) is 13.5. The van der Waals surface area contributed by atoms with Gasteiger partial charge in [-0.2, -0.15) is 0 Å². The van der Waals surface area contributed by atoms with Crippen molar-refractivity contribution in [2.24, 2.45) is 5.92 Å². The average Bonchev–Trinajstić information content (AvgIpc) is 2.71. The molecule has 1 aromatic rings. The van der Waals surface area contributed by atoms with Gasteiger partial charge in [0.15, 0.2) is 0 Å². The van der Waals surface area contributed by atoms with E-state index in [-0.39, 0.29) is 0 Å². The van der Waals surface area contributed by atoms with Crippen LogP contribution in [0.4, 0.5) is 0 Å². The number of aromatic nitrogens is 1. The third kappa shape index (κ3) is 4.53. The maximum atomic E-state index is 11.1. The lowest BCUT2D eigenvalue weighted by Crippen LogP contribution is -2.37. The highest BCUT2D eigenvalue weighted by Crippen LogP contribution is 2.08. The van der Waals surface area contributed by atoms with Crippen LogP contribution in [0.5, 0.6) is 0 Å². The number of rotatable bonds is 8. The summed E-state index contributed by atoms with van der Waals surface area (Å²) in [6.07, 6.45) is 3.78. The van der Waals surface area contributed by atoms with Gasteiger partial charge in [0.05, 0.1) is 0 Å². The minimum atomic E-state index is -0.766. The molecule has 4 heteroatoms. The van der Waals surface area contributed by atoms with Crippen molar-refractivity contribution >= 4 is 5.97 Å². The molecule has 0 aliphatic heterocycles. The van der Waals surface area contributed by atoms with E-state index >= 15 is 0 Å². The predicted molar refractivity (Wildman–Crippen MR) is 72.4 cm³/mol. The Kier molecular flexibility index (Phi) is 5.92. The van der Waals surface area contributed by atoms with Crippen LogP contribution < -0.4 is 5.32 Å². The van der Waals surface area contributed by atoms with Gasteiger partial charge >= 0.3 is 5.97 Å². The zero-order valence-electron chi connectivity index (χ0n) is 11.5. The third-order valence-corrected chi connectivity index (χ3v) is 2.92. The van der Waals surface area contributed by atoms with Gasteiger partial charge in [0.1, 0.15) is 6.04 Å². The average molecular weight is 252 g/mol. The molecule has 102 valence electrons.